The molecule has 0 fully saturated rings. The second-order valence-corrected chi connectivity index (χ2v) is 5.14. The minimum absolute atomic E-state index is 0.0510. The Hall–Kier alpha value is -1.44. The normalized spacial score (nSPS) is 12.6. The van der Waals surface area contributed by atoms with Gasteiger partial charge in [0, 0.05) is 18.6 Å². The standard InChI is InChI=1S/C13H19N5OS/c1-10(14-8-9-19-2)13-15-16-17-18(13)11-6-4-5-7-12(11)20-3/h4-7,10,14H,8-9H2,1-3H3. The van der Waals surface area contributed by atoms with Gasteiger partial charge in [-0.25, -0.2) is 0 Å². The number of hydrogen-bond acceptors (Lipinski definition) is 6. The van der Waals surface area contributed by atoms with Crippen LogP contribution >= 0.6 is 11.8 Å². The lowest BCUT2D eigenvalue weighted by atomic mass is 10.3. The highest BCUT2D eigenvalue weighted by atomic mass is 32.2. The fraction of sp³-hybridized carbons (Fsp3) is 0.462. The van der Waals surface area contributed by atoms with Gasteiger partial charge in [-0.1, -0.05) is 12.1 Å². The van der Waals surface area contributed by atoms with Crippen LogP contribution in [0.25, 0.3) is 5.69 Å². The highest BCUT2D eigenvalue weighted by molar-refractivity contribution is 7.98. The van der Waals surface area contributed by atoms with Gasteiger partial charge < -0.3 is 10.1 Å². The minimum Gasteiger partial charge on any atom is -0.383 e. The Morgan fingerprint density at radius 3 is 2.95 bits per heavy atom. The van der Waals surface area contributed by atoms with Crippen molar-refractivity contribution in [3.63, 3.8) is 0 Å². The third-order valence-corrected chi connectivity index (χ3v) is 3.74. The van der Waals surface area contributed by atoms with Gasteiger partial charge in [0.25, 0.3) is 0 Å². The van der Waals surface area contributed by atoms with E-state index in [9.17, 15) is 0 Å². The Morgan fingerprint density at radius 1 is 1.40 bits per heavy atom. The number of para-hydroxylation sites is 1. The van der Waals surface area contributed by atoms with Crippen LogP contribution in [0.15, 0.2) is 29.2 Å². The Morgan fingerprint density at radius 2 is 2.20 bits per heavy atom. The lowest BCUT2D eigenvalue weighted by Gasteiger charge is -2.14. The van der Waals surface area contributed by atoms with Crippen LogP contribution in [0.2, 0.25) is 0 Å². The van der Waals surface area contributed by atoms with Gasteiger partial charge in [0.15, 0.2) is 5.82 Å². The Balaban J connectivity index is 2.23. The zero-order valence-corrected chi connectivity index (χ0v) is 12.7. The number of thioether (sulfide) groups is 1. The van der Waals surface area contributed by atoms with Crippen LogP contribution in [0.1, 0.15) is 18.8 Å². The van der Waals surface area contributed by atoms with Gasteiger partial charge in [-0.05, 0) is 35.7 Å². The second kappa shape index (κ2) is 7.37. The number of nitrogens with one attached hydrogen (secondary N) is 1. The number of aromatic nitrogens is 4. The van der Waals surface area contributed by atoms with E-state index in [2.05, 4.69) is 26.9 Å². The number of rotatable bonds is 7. The molecule has 0 saturated carbocycles. The molecule has 7 heteroatoms. The summed E-state index contributed by atoms with van der Waals surface area (Å²) in [5, 5.41) is 15.4. The molecule has 1 atom stereocenters. The van der Waals surface area contributed by atoms with Crippen LogP contribution < -0.4 is 5.32 Å². The lowest BCUT2D eigenvalue weighted by molar-refractivity contribution is 0.196. The van der Waals surface area contributed by atoms with Gasteiger partial charge in [0.1, 0.15) is 0 Å². The summed E-state index contributed by atoms with van der Waals surface area (Å²) in [5.74, 6) is 0.794. The zero-order chi connectivity index (χ0) is 14.4. The van der Waals surface area contributed by atoms with Crippen LogP contribution in [-0.4, -0.2) is 46.7 Å². The third kappa shape index (κ3) is 3.36. The van der Waals surface area contributed by atoms with Crippen molar-refractivity contribution in [2.24, 2.45) is 0 Å². The summed E-state index contributed by atoms with van der Waals surface area (Å²) in [6.45, 7) is 3.46. The van der Waals surface area contributed by atoms with Gasteiger partial charge in [-0.2, -0.15) is 4.68 Å². The molecule has 0 aliphatic rings. The first kappa shape index (κ1) is 15.0. The molecule has 0 saturated heterocycles. The van der Waals surface area contributed by atoms with E-state index in [1.165, 1.54) is 0 Å². The summed E-state index contributed by atoms with van der Waals surface area (Å²) < 4.78 is 6.82. The van der Waals surface area contributed by atoms with Gasteiger partial charge in [0.2, 0.25) is 0 Å². The summed E-state index contributed by atoms with van der Waals surface area (Å²) >= 11 is 1.68. The molecule has 0 bridgehead atoms. The van der Waals surface area contributed by atoms with E-state index in [0.717, 1.165) is 23.0 Å². The van der Waals surface area contributed by atoms with E-state index in [0.29, 0.717) is 6.61 Å². The molecule has 1 aromatic carbocycles. The number of hydrogen-bond donors (Lipinski definition) is 1. The molecule has 0 spiro atoms. The number of benzene rings is 1. The lowest BCUT2D eigenvalue weighted by Crippen LogP contribution is -2.25. The molecule has 2 aromatic rings. The Kier molecular flexibility index (Phi) is 5.51. The molecule has 0 aliphatic heterocycles. The van der Waals surface area contributed by atoms with Crippen molar-refractivity contribution in [3.8, 4) is 5.69 Å². The Bertz CT molecular complexity index is 545. The number of tetrazole rings is 1. The molecule has 1 aromatic heterocycles. The molecule has 0 amide bonds. The van der Waals surface area contributed by atoms with E-state index >= 15 is 0 Å². The van der Waals surface area contributed by atoms with E-state index in [1.54, 1.807) is 23.6 Å². The number of methoxy groups -OCH3 is 1. The summed E-state index contributed by atoms with van der Waals surface area (Å²) in [4.78, 5) is 1.14. The van der Waals surface area contributed by atoms with Crippen LogP contribution in [0.4, 0.5) is 0 Å². The predicted octanol–water partition coefficient (Wildman–Crippen LogP) is 1.68. The maximum Gasteiger partial charge on any atom is 0.173 e. The maximum atomic E-state index is 5.04. The highest BCUT2D eigenvalue weighted by Gasteiger charge is 2.16. The van der Waals surface area contributed by atoms with E-state index in [-0.39, 0.29) is 6.04 Å². The van der Waals surface area contributed by atoms with Crippen molar-refractivity contribution in [1.29, 1.82) is 0 Å². The van der Waals surface area contributed by atoms with Crippen LogP contribution in [-0.2, 0) is 4.74 Å². The predicted molar refractivity (Wildman–Crippen MR) is 79.2 cm³/mol. The van der Waals surface area contributed by atoms with Gasteiger partial charge >= 0.3 is 0 Å². The van der Waals surface area contributed by atoms with Gasteiger partial charge in [-0.15, -0.1) is 16.9 Å². The quantitative estimate of drug-likeness (QED) is 0.619. The molecule has 1 N–H and O–H groups in total. The first-order valence-corrected chi connectivity index (χ1v) is 7.64. The Labute approximate surface area is 122 Å². The first-order valence-electron chi connectivity index (χ1n) is 6.42. The molecule has 20 heavy (non-hydrogen) atoms. The molecule has 108 valence electrons. The average molecular weight is 293 g/mol. The summed E-state index contributed by atoms with van der Waals surface area (Å²) in [7, 11) is 1.69. The van der Waals surface area contributed by atoms with Crippen LogP contribution in [0.5, 0.6) is 0 Å². The maximum absolute atomic E-state index is 5.04. The number of nitrogens with zero attached hydrogens (tertiary/aromatic N) is 4. The fourth-order valence-electron chi connectivity index (χ4n) is 1.91. The van der Waals surface area contributed by atoms with E-state index in [4.69, 9.17) is 4.74 Å². The molecule has 0 radical (unpaired) electrons. The topological polar surface area (TPSA) is 64.9 Å². The minimum atomic E-state index is 0.0510. The third-order valence-electron chi connectivity index (χ3n) is 2.95. The van der Waals surface area contributed by atoms with Gasteiger partial charge in [-0.3, -0.25) is 0 Å². The molecular weight excluding hydrogens is 274 g/mol. The van der Waals surface area contributed by atoms with Crippen molar-refractivity contribution in [3.05, 3.63) is 30.1 Å². The van der Waals surface area contributed by atoms with Crippen molar-refractivity contribution < 1.29 is 4.74 Å². The first-order chi connectivity index (χ1) is 9.77. The van der Waals surface area contributed by atoms with E-state index < -0.39 is 0 Å². The second-order valence-electron chi connectivity index (χ2n) is 4.29. The summed E-state index contributed by atoms with van der Waals surface area (Å²) in [6, 6.07) is 8.14. The highest BCUT2D eigenvalue weighted by Crippen LogP contribution is 2.24. The average Bonchev–Trinajstić information content (AvgIpc) is 2.96. The summed E-state index contributed by atoms with van der Waals surface area (Å²) in [6.07, 6.45) is 2.04. The molecule has 1 heterocycles. The van der Waals surface area contributed by atoms with Crippen LogP contribution in [0, 0.1) is 0 Å². The fourth-order valence-corrected chi connectivity index (χ4v) is 2.49. The van der Waals surface area contributed by atoms with Crippen LogP contribution in [0.3, 0.4) is 0 Å². The van der Waals surface area contributed by atoms with Crippen molar-refractivity contribution in [2.75, 3.05) is 26.5 Å². The largest absolute Gasteiger partial charge is 0.383 e. The monoisotopic (exact) mass is 293 g/mol. The molecular formula is C13H19N5OS. The molecule has 2 rings (SSSR count). The van der Waals surface area contributed by atoms with Gasteiger partial charge in [0.05, 0.1) is 18.3 Å². The van der Waals surface area contributed by atoms with Crippen molar-refractivity contribution in [2.45, 2.75) is 17.9 Å². The van der Waals surface area contributed by atoms with Crippen molar-refractivity contribution >= 4 is 11.8 Å². The molecule has 1 unspecified atom stereocenters. The zero-order valence-electron chi connectivity index (χ0n) is 11.9. The summed E-state index contributed by atoms with van der Waals surface area (Å²) in [5.41, 5.74) is 1.00. The smallest absolute Gasteiger partial charge is 0.173 e. The SMILES string of the molecule is COCCNC(C)c1nnnn1-c1ccccc1SC. The molecule has 6 nitrogen and oxygen atoms in total. The number of ether oxygens (including phenoxy) is 1. The van der Waals surface area contributed by atoms with Crippen molar-refractivity contribution in [1.82, 2.24) is 25.5 Å². The van der Waals surface area contributed by atoms with E-state index in [1.807, 2.05) is 31.4 Å². The molecule has 0 aliphatic carbocycles.